The molecule has 0 aliphatic rings. The van der Waals surface area contributed by atoms with Gasteiger partial charge in [0.15, 0.2) is 0 Å². The highest BCUT2D eigenvalue weighted by molar-refractivity contribution is 9.08. The maximum Gasteiger partial charge on any atom is 0.452 e. The molecule has 1 rings (SSSR count). The van der Waals surface area contributed by atoms with Crippen molar-refractivity contribution in [3.63, 3.8) is 0 Å². The van der Waals surface area contributed by atoms with Crippen molar-refractivity contribution in [3.05, 3.63) is 11.3 Å². The lowest BCUT2D eigenvalue weighted by molar-refractivity contribution is -0.156. The molecular weight excluding hydrogens is 267 g/mol. The van der Waals surface area contributed by atoms with Gasteiger partial charge in [-0.15, -0.1) is 0 Å². The van der Waals surface area contributed by atoms with E-state index >= 15 is 0 Å². The molecule has 0 fully saturated rings. The third-order valence-corrected chi connectivity index (χ3v) is 1.98. The molecule has 0 saturated carbocycles. The first kappa shape index (κ1) is 11.4. The largest absolute Gasteiger partial charge is 0.476 e. The number of halogens is 4. The monoisotopic (exact) mass is 273 g/mol. The Labute approximate surface area is 86.3 Å². The minimum atomic E-state index is -4.54. The zero-order valence-corrected chi connectivity index (χ0v) is 8.78. The normalized spacial score (nSPS) is 11.8. The molecule has 3 nitrogen and oxygen atoms in total. The summed E-state index contributed by atoms with van der Waals surface area (Å²) in [5.74, 6) is -1.23. The first-order valence-electron chi connectivity index (χ1n) is 3.75. The summed E-state index contributed by atoms with van der Waals surface area (Å²) < 4.78 is 45.9. The molecule has 0 aromatic carbocycles. The quantitative estimate of drug-likeness (QED) is 0.795. The van der Waals surface area contributed by atoms with Gasteiger partial charge in [-0.3, -0.25) is 0 Å². The Morgan fingerprint density at radius 1 is 1.50 bits per heavy atom. The van der Waals surface area contributed by atoms with Gasteiger partial charge in [0.1, 0.15) is 0 Å². The smallest absolute Gasteiger partial charge is 0.452 e. The fraction of sp³-hybridized carbons (Fsp3) is 0.571. The van der Waals surface area contributed by atoms with E-state index in [0.29, 0.717) is 0 Å². The average molecular weight is 274 g/mol. The highest BCUT2D eigenvalue weighted by Gasteiger charge is 2.40. The first-order valence-corrected chi connectivity index (χ1v) is 4.87. The number of aromatic nitrogens is 1. The lowest BCUT2D eigenvalue weighted by atomic mass is 10.3. The van der Waals surface area contributed by atoms with Crippen LogP contribution >= 0.6 is 15.9 Å². The van der Waals surface area contributed by atoms with Crippen molar-refractivity contribution < 1.29 is 22.4 Å². The van der Waals surface area contributed by atoms with Crippen molar-refractivity contribution in [1.82, 2.24) is 5.16 Å². The molecule has 0 aliphatic heterocycles. The standard InChI is InChI=1S/C7H7BrF3NO2/c1-2-13-6-4(3-8)5(14-12-6)7(9,10)11/h2-3H2,1H3. The van der Waals surface area contributed by atoms with E-state index in [-0.39, 0.29) is 23.4 Å². The molecule has 0 N–H and O–H groups in total. The van der Waals surface area contributed by atoms with Crippen LogP contribution in [0.2, 0.25) is 0 Å². The molecule has 0 bridgehead atoms. The first-order chi connectivity index (χ1) is 6.50. The summed E-state index contributed by atoms with van der Waals surface area (Å²) in [6, 6.07) is 0. The van der Waals surface area contributed by atoms with Crippen molar-refractivity contribution in [2.45, 2.75) is 18.4 Å². The molecule has 7 heteroatoms. The van der Waals surface area contributed by atoms with Crippen LogP contribution < -0.4 is 4.74 Å². The topological polar surface area (TPSA) is 35.3 Å². The van der Waals surface area contributed by atoms with Crippen molar-refractivity contribution in [2.24, 2.45) is 0 Å². The molecule has 80 valence electrons. The summed E-state index contributed by atoms with van der Waals surface area (Å²) in [6.45, 7) is 1.89. The van der Waals surface area contributed by atoms with E-state index in [2.05, 4.69) is 25.6 Å². The Kier molecular flexibility index (Phi) is 3.41. The number of ether oxygens (including phenoxy) is 1. The van der Waals surface area contributed by atoms with E-state index in [1.165, 1.54) is 0 Å². The van der Waals surface area contributed by atoms with Crippen molar-refractivity contribution in [3.8, 4) is 5.88 Å². The van der Waals surface area contributed by atoms with Gasteiger partial charge in [-0.25, -0.2) is 0 Å². The molecular formula is C7H7BrF3NO2. The van der Waals surface area contributed by atoms with Gasteiger partial charge in [-0.2, -0.15) is 13.2 Å². The molecule has 0 saturated heterocycles. The second-order valence-corrected chi connectivity index (χ2v) is 2.92. The number of nitrogens with zero attached hydrogens (tertiary/aromatic N) is 1. The minimum Gasteiger partial charge on any atom is -0.476 e. The van der Waals surface area contributed by atoms with Crippen LogP contribution in [0, 0.1) is 0 Å². The maximum absolute atomic E-state index is 12.3. The van der Waals surface area contributed by atoms with Crippen LogP contribution in [0.1, 0.15) is 18.2 Å². The van der Waals surface area contributed by atoms with Gasteiger partial charge >= 0.3 is 6.18 Å². The number of rotatable bonds is 3. The zero-order chi connectivity index (χ0) is 10.8. The molecule has 0 radical (unpaired) electrons. The predicted octanol–water partition coefficient (Wildman–Crippen LogP) is 2.99. The van der Waals surface area contributed by atoms with Crippen molar-refractivity contribution >= 4 is 15.9 Å². The van der Waals surface area contributed by atoms with Crippen LogP contribution in [0.5, 0.6) is 5.88 Å². The van der Waals surface area contributed by atoms with Gasteiger partial charge in [0.05, 0.1) is 12.2 Å². The fourth-order valence-electron chi connectivity index (χ4n) is 0.885. The highest BCUT2D eigenvalue weighted by Crippen LogP contribution is 2.37. The zero-order valence-electron chi connectivity index (χ0n) is 7.19. The summed E-state index contributed by atoms with van der Waals surface area (Å²) in [6.07, 6.45) is -4.54. The molecule has 0 aliphatic carbocycles. The Bertz CT molecular complexity index is 310. The van der Waals surface area contributed by atoms with Gasteiger partial charge in [0, 0.05) is 5.33 Å². The summed E-state index contributed by atoms with van der Waals surface area (Å²) in [5, 5.41) is 3.18. The Hall–Kier alpha value is -0.720. The van der Waals surface area contributed by atoms with Crippen LogP contribution in [0.15, 0.2) is 4.52 Å². The molecule has 0 unspecified atom stereocenters. The third kappa shape index (κ3) is 2.20. The van der Waals surface area contributed by atoms with E-state index in [1.807, 2.05) is 0 Å². The van der Waals surface area contributed by atoms with Gasteiger partial charge in [0.2, 0.25) is 5.76 Å². The fourth-order valence-corrected chi connectivity index (χ4v) is 1.38. The summed E-state index contributed by atoms with van der Waals surface area (Å²) in [5.41, 5.74) is -0.112. The predicted molar refractivity (Wildman–Crippen MR) is 45.3 cm³/mol. The van der Waals surface area contributed by atoms with Gasteiger partial charge < -0.3 is 9.26 Å². The van der Waals surface area contributed by atoms with Crippen LogP contribution in [0.4, 0.5) is 13.2 Å². The van der Waals surface area contributed by atoms with Crippen molar-refractivity contribution in [1.29, 1.82) is 0 Å². The SMILES string of the molecule is CCOc1noc(C(F)(F)F)c1CBr. The van der Waals surface area contributed by atoms with Crippen LogP contribution in [0.3, 0.4) is 0 Å². The molecule has 14 heavy (non-hydrogen) atoms. The second-order valence-electron chi connectivity index (χ2n) is 2.36. The van der Waals surface area contributed by atoms with Crippen LogP contribution in [0.25, 0.3) is 0 Å². The second kappa shape index (κ2) is 4.20. The summed E-state index contributed by atoms with van der Waals surface area (Å²) in [7, 11) is 0. The van der Waals surface area contributed by atoms with Gasteiger partial charge in [-0.1, -0.05) is 15.9 Å². The van der Waals surface area contributed by atoms with Crippen molar-refractivity contribution in [2.75, 3.05) is 6.61 Å². The Morgan fingerprint density at radius 2 is 2.14 bits per heavy atom. The van der Waals surface area contributed by atoms with Gasteiger partial charge in [0.25, 0.3) is 5.88 Å². The van der Waals surface area contributed by atoms with Gasteiger partial charge in [-0.05, 0) is 12.1 Å². The summed E-state index contributed by atoms with van der Waals surface area (Å²) >= 11 is 2.92. The van der Waals surface area contributed by atoms with E-state index in [0.717, 1.165) is 0 Å². The number of hydrogen-bond acceptors (Lipinski definition) is 3. The molecule has 0 spiro atoms. The minimum absolute atomic E-state index is 0.0132. The lowest BCUT2D eigenvalue weighted by Gasteiger charge is -2.03. The Morgan fingerprint density at radius 3 is 2.57 bits per heavy atom. The van der Waals surface area contributed by atoms with E-state index in [4.69, 9.17) is 4.74 Å². The third-order valence-electron chi connectivity index (χ3n) is 1.42. The Balaban J connectivity index is 3.07. The van der Waals surface area contributed by atoms with Crippen LogP contribution in [-0.4, -0.2) is 11.8 Å². The van der Waals surface area contributed by atoms with Crippen LogP contribution in [-0.2, 0) is 11.5 Å². The molecule has 1 aromatic rings. The molecule has 1 heterocycles. The highest BCUT2D eigenvalue weighted by atomic mass is 79.9. The maximum atomic E-state index is 12.3. The lowest BCUT2D eigenvalue weighted by Crippen LogP contribution is -2.06. The van der Waals surface area contributed by atoms with E-state index in [9.17, 15) is 13.2 Å². The average Bonchev–Trinajstić information content (AvgIpc) is 2.47. The van der Waals surface area contributed by atoms with E-state index in [1.54, 1.807) is 6.92 Å². The molecule has 0 atom stereocenters. The number of alkyl halides is 4. The molecule has 0 amide bonds. The van der Waals surface area contributed by atoms with E-state index < -0.39 is 11.9 Å². The number of hydrogen-bond donors (Lipinski definition) is 0. The summed E-state index contributed by atoms with van der Waals surface area (Å²) in [4.78, 5) is 0. The molecule has 1 aromatic heterocycles.